The molecule has 1 aromatic rings. The predicted octanol–water partition coefficient (Wildman–Crippen LogP) is 0.896. The molecule has 0 saturated carbocycles. The summed E-state index contributed by atoms with van der Waals surface area (Å²) in [5.74, 6) is -0.918. The van der Waals surface area contributed by atoms with Crippen LogP contribution in [0.4, 0.5) is 5.69 Å². The molecular weight excluding hydrogens is 268 g/mol. The van der Waals surface area contributed by atoms with E-state index in [1.54, 1.807) is 37.1 Å². The second-order valence-corrected chi connectivity index (χ2v) is 5.77. The van der Waals surface area contributed by atoms with Gasteiger partial charge >= 0.3 is 5.97 Å². The second-order valence-electron chi connectivity index (χ2n) is 4.03. The summed E-state index contributed by atoms with van der Waals surface area (Å²) in [4.78, 5) is 12.3. The van der Waals surface area contributed by atoms with Crippen LogP contribution in [0.5, 0.6) is 0 Å². The van der Waals surface area contributed by atoms with Crippen molar-refractivity contribution in [3.05, 3.63) is 24.3 Å². The van der Waals surface area contributed by atoms with Crippen molar-refractivity contribution >= 4 is 21.7 Å². The topological polar surface area (TPSA) is 86.7 Å². The van der Waals surface area contributed by atoms with E-state index in [-0.39, 0.29) is 17.9 Å². The molecule has 1 aromatic carbocycles. The van der Waals surface area contributed by atoms with Crippen LogP contribution in [0.2, 0.25) is 0 Å². The molecule has 0 amide bonds. The first-order valence-electron chi connectivity index (χ1n) is 5.90. The fourth-order valence-corrected chi connectivity index (χ4v) is 2.94. The van der Waals surface area contributed by atoms with Gasteiger partial charge in [-0.2, -0.15) is 0 Å². The number of aliphatic carboxylic acids is 1. The standard InChI is InChI=1S/C12H18N2O4S/c1-3-13-19(17,18)11-7-5-4-6-10(11)14(2)9-8-12(15)16/h4-7,13H,3,8-9H2,1-2H3,(H,15,16). The van der Waals surface area contributed by atoms with Crippen LogP contribution in [-0.2, 0) is 14.8 Å². The Labute approximate surface area is 113 Å². The molecule has 0 heterocycles. The van der Waals surface area contributed by atoms with Crippen molar-refractivity contribution in [2.45, 2.75) is 18.2 Å². The maximum atomic E-state index is 12.0. The average Bonchev–Trinajstić information content (AvgIpc) is 2.36. The minimum absolute atomic E-state index is 0.0495. The zero-order valence-corrected chi connectivity index (χ0v) is 11.8. The Kier molecular flexibility index (Phi) is 5.31. The van der Waals surface area contributed by atoms with Gasteiger partial charge in [0, 0.05) is 20.1 Å². The molecule has 0 spiro atoms. The molecule has 0 unspecified atom stereocenters. The van der Waals surface area contributed by atoms with E-state index in [0.29, 0.717) is 12.2 Å². The van der Waals surface area contributed by atoms with Crippen LogP contribution in [0.25, 0.3) is 0 Å². The summed E-state index contributed by atoms with van der Waals surface area (Å²) in [6.07, 6.45) is -0.0495. The molecule has 7 heteroatoms. The molecule has 0 fully saturated rings. The van der Waals surface area contributed by atoms with Crippen LogP contribution >= 0.6 is 0 Å². The van der Waals surface area contributed by atoms with E-state index < -0.39 is 16.0 Å². The van der Waals surface area contributed by atoms with Crippen molar-refractivity contribution in [1.82, 2.24) is 4.72 Å². The van der Waals surface area contributed by atoms with Gasteiger partial charge in [0.15, 0.2) is 0 Å². The Morgan fingerprint density at radius 2 is 2.00 bits per heavy atom. The van der Waals surface area contributed by atoms with Gasteiger partial charge in [0.2, 0.25) is 10.0 Å². The van der Waals surface area contributed by atoms with Gasteiger partial charge < -0.3 is 10.0 Å². The van der Waals surface area contributed by atoms with Gasteiger partial charge in [-0.25, -0.2) is 13.1 Å². The SMILES string of the molecule is CCNS(=O)(=O)c1ccccc1N(C)CCC(=O)O. The van der Waals surface area contributed by atoms with Crippen molar-refractivity contribution in [1.29, 1.82) is 0 Å². The number of hydrogen-bond acceptors (Lipinski definition) is 4. The number of benzene rings is 1. The fourth-order valence-electron chi connectivity index (χ4n) is 1.65. The van der Waals surface area contributed by atoms with Crippen molar-refractivity contribution in [2.24, 2.45) is 0 Å². The molecule has 0 aliphatic heterocycles. The maximum Gasteiger partial charge on any atom is 0.305 e. The first-order chi connectivity index (χ1) is 8.88. The Morgan fingerprint density at radius 3 is 2.58 bits per heavy atom. The molecule has 2 N–H and O–H groups in total. The first-order valence-corrected chi connectivity index (χ1v) is 7.38. The number of carboxylic acids is 1. The summed E-state index contributed by atoms with van der Waals surface area (Å²) >= 11 is 0. The normalized spacial score (nSPS) is 11.3. The quantitative estimate of drug-likeness (QED) is 0.777. The number of hydrogen-bond donors (Lipinski definition) is 2. The van der Waals surface area contributed by atoms with E-state index in [2.05, 4.69) is 4.72 Å². The van der Waals surface area contributed by atoms with Crippen LogP contribution in [0.15, 0.2) is 29.2 Å². The molecule has 0 aromatic heterocycles. The molecule has 0 aliphatic rings. The minimum atomic E-state index is -3.56. The highest BCUT2D eigenvalue weighted by molar-refractivity contribution is 7.89. The van der Waals surface area contributed by atoms with Crippen LogP contribution < -0.4 is 9.62 Å². The zero-order valence-electron chi connectivity index (χ0n) is 11.0. The van der Waals surface area contributed by atoms with Crippen LogP contribution in [0.1, 0.15) is 13.3 Å². The van der Waals surface area contributed by atoms with Crippen molar-refractivity contribution in [3.63, 3.8) is 0 Å². The van der Waals surface area contributed by atoms with Crippen LogP contribution in [-0.4, -0.2) is 39.6 Å². The highest BCUT2D eigenvalue weighted by atomic mass is 32.2. The molecule has 19 heavy (non-hydrogen) atoms. The molecule has 1 rings (SSSR count). The van der Waals surface area contributed by atoms with E-state index in [4.69, 9.17) is 5.11 Å². The van der Waals surface area contributed by atoms with E-state index >= 15 is 0 Å². The summed E-state index contributed by atoms with van der Waals surface area (Å²) in [5.41, 5.74) is 0.490. The Hall–Kier alpha value is -1.60. The van der Waals surface area contributed by atoms with Gasteiger partial charge in [0.05, 0.1) is 12.1 Å². The lowest BCUT2D eigenvalue weighted by Gasteiger charge is -2.21. The largest absolute Gasteiger partial charge is 0.481 e. The number of para-hydroxylation sites is 1. The number of sulfonamides is 1. The number of nitrogens with one attached hydrogen (secondary N) is 1. The maximum absolute atomic E-state index is 12.0. The molecule has 106 valence electrons. The number of nitrogens with zero attached hydrogens (tertiary/aromatic N) is 1. The number of carboxylic acid groups (broad SMARTS) is 1. The van der Waals surface area contributed by atoms with Gasteiger partial charge in [-0.1, -0.05) is 19.1 Å². The van der Waals surface area contributed by atoms with Gasteiger partial charge in [-0.15, -0.1) is 0 Å². The number of rotatable bonds is 7. The monoisotopic (exact) mass is 286 g/mol. The van der Waals surface area contributed by atoms with Gasteiger partial charge in [0.1, 0.15) is 4.90 Å². The third-order valence-corrected chi connectivity index (χ3v) is 4.15. The molecule has 0 aliphatic carbocycles. The van der Waals surface area contributed by atoms with E-state index in [9.17, 15) is 13.2 Å². The minimum Gasteiger partial charge on any atom is -0.481 e. The van der Waals surface area contributed by atoms with Gasteiger partial charge in [-0.05, 0) is 12.1 Å². The lowest BCUT2D eigenvalue weighted by Crippen LogP contribution is -2.27. The van der Waals surface area contributed by atoms with Crippen LogP contribution in [0, 0.1) is 0 Å². The average molecular weight is 286 g/mol. The molecular formula is C12H18N2O4S. The van der Waals surface area contributed by atoms with E-state index in [1.165, 1.54) is 6.07 Å². The lowest BCUT2D eigenvalue weighted by atomic mass is 10.3. The lowest BCUT2D eigenvalue weighted by molar-refractivity contribution is -0.136. The summed E-state index contributed by atoms with van der Waals surface area (Å²) in [6.45, 7) is 2.25. The first kappa shape index (κ1) is 15.5. The predicted molar refractivity (Wildman–Crippen MR) is 72.8 cm³/mol. The highest BCUT2D eigenvalue weighted by Gasteiger charge is 2.19. The number of anilines is 1. The highest BCUT2D eigenvalue weighted by Crippen LogP contribution is 2.23. The Morgan fingerprint density at radius 1 is 1.37 bits per heavy atom. The smallest absolute Gasteiger partial charge is 0.305 e. The fraction of sp³-hybridized carbons (Fsp3) is 0.417. The summed E-state index contributed by atoms with van der Waals surface area (Å²) in [5, 5.41) is 8.67. The third-order valence-electron chi connectivity index (χ3n) is 2.56. The molecule has 6 nitrogen and oxygen atoms in total. The second kappa shape index (κ2) is 6.53. The molecule has 0 bridgehead atoms. The Balaban J connectivity index is 3.05. The van der Waals surface area contributed by atoms with E-state index in [1.807, 2.05) is 0 Å². The number of carbonyl (C=O) groups is 1. The Bertz CT molecular complexity index is 542. The van der Waals surface area contributed by atoms with Gasteiger partial charge in [0.25, 0.3) is 0 Å². The third kappa shape index (κ3) is 4.22. The zero-order chi connectivity index (χ0) is 14.5. The summed E-state index contributed by atoms with van der Waals surface area (Å²) in [7, 11) is -1.89. The van der Waals surface area contributed by atoms with Crippen molar-refractivity contribution in [2.75, 3.05) is 25.0 Å². The van der Waals surface area contributed by atoms with Gasteiger partial charge in [-0.3, -0.25) is 4.79 Å². The van der Waals surface area contributed by atoms with E-state index in [0.717, 1.165) is 0 Å². The molecule has 0 atom stereocenters. The van der Waals surface area contributed by atoms with Crippen LogP contribution in [0.3, 0.4) is 0 Å². The molecule has 0 saturated heterocycles. The summed E-state index contributed by atoms with van der Waals surface area (Å²) in [6, 6.07) is 6.52. The van der Waals surface area contributed by atoms with Crippen molar-refractivity contribution in [3.8, 4) is 0 Å². The molecule has 0 radical (unpaired) electrons. The summed E-state index contributed by atoms with van der Waals surface area (Å²) < 4.78 is 26.5. The van der Waals surface area contributed by atoms with Crippen molar-refractivity contribution < 1.29 is 18.3 Å².